The molecule has 2 amide bonds. The summed E-state index contributed by atoms with van der Waals surface area (Å²) in [5.74, 6) is 0.688. The van der Waals surface area contributed by atoms with Crippen LogP contribution >= 0.6 is 11.3 Å². The Morgan fingerprint density at radius 1 is 1.25 bits per heavy atom. The van der Waals surface area contributed by atoms with Gasteiger partial charge in [0.1, 0.15) is 5.75 Å². The van der Waals surface area contributed by atoms with Gasteiger partial charge in [0.2, 0.25) is 0 Å². The van der Waals surface area contributed by atoms with Gasteiger partial charge in [-0.2, -0.15) is 0 Å². The Hall–Kier alpha value is -2.61. The van der Waals surface area contributed by atoms with Crippen molar-refractivity contribution in [1.29, 1.82) is 0 Å². The van der Waals surface area contributed by atoms with Gasteiger partial charge in [0.25, 0.3) is 5.91 Å². The number of carbonyl (C=O) groups is 2. The van der Waals surface area contributed by atoms with Crippen molar-refractivity contribution in [2.75, 3.05) is 26.1 Å². The Morgan fingerprint density at radius 2 is 2.00 bits per heavy atom. The van der Waals surface area contributed by atoms with Gasteiger partial charge in [-0.3, -0.25) is 10.1 Å². The van der Waals surface area contributed by atoms with E-state index >= 15 is 0 Å². The summed E-state index contributed by atoms with van der Waals surface area (Å²) in [6.45, 7) is 1.08. The van der Waals surface area contributed by atoms with E-state index in [0.29, 0.717) is 36.0 Å². The summed E-state index contributed by atoms with van der Waals surface area (Å²) in [5.41, 5.74) is 1.54. The van der Waals surface area contributed by atoms with Crippen LogP contribution in [0.15, 0.2) is 24.3 Å². The molecule has 24 heavy (non-hydrogen) atoms. The van der Waals surface area contributed by atoms with Crippen LogP contribution in [-0.4, -0.2) is 42.6 Å². The minimum absolute atomic E-state index is 0.0285. The number of nitrogens with one attached hydrogen (secondary N) is 1. The average Bonchev–Trinajstić information content (AvgIpc) is 3.02. The molecule has 0 radical (unpaired) electrons. The number of amides is 2. The minimum atomic E-state index is -0.549. The molecule has 2 heterocycles. The second-order valence-electron chi connectivity index (χ2n) is 5.21. The number of aromatic nitrogens is 1. The zero-order valence-corrected chi connectivity index (χ0v) is 14.2. The lowest BCUT2D eigenvalue weighted by atomic mass is 10.1. The van der Waals surface area contributed by atoms with Gasteiger partial charge in [0, 0.05) is 23.4 Å². The van der Waals surface area contributed by atoms with Crippen molar-refractivity contribution >= 4 is 28.5 Å². The fraction of sp³-hybridized carbons (Fsp3) is 0.312. The van der Waals surface area contributed by atoms with Gasteiger partial charge >= 0.3 is 6.09 Å². The van der Waals surface area contributed by atoms with Gasteiger partial charge in [-0.1, -0.05) is 11.3 Å². The fourth-order valence-electron chi connectivity index (χ4n) is 2.48. The average molecular weight is 347 g/mol. The van der Waals surface area contributed by atoms with E-state index in [1.807, 2.05) is 0 Å². The van der Waals surface area contributed by atoms with Crippen molar-refractivity contribution in [3.05, 3.63) is 40.4 Å². The van der Waals surface area contributed by atoms with E-state index in [1.165, 1.54) is 18.4 Å². The molecule has 1 aromatic carbocycles. The first-order valence-corrected chi connectivity index (χ1v) is 8.19. The molecule has 7 nitrogen and oxygen atoms in total. The van der Waals surface area contributed by atoms with E-state index in [9.17, 15) is 9.59 Å². The molecule has 0 saturated heterocycles. The number of fused-ring (bicyclic) bond motifs is 1. The molecular formula is C16H17N3O4S. The molecule has 1 N–H and O–H groups in total. The highest BCUT2D eigenvalue weighted by Crippen LogP contribution is 2.29. The maximum Gasteiger partial charge on any atom is 0.413 e. The number of carbonyl (C=O) groups excluding carboxylic acids is 2. The van der Waals surface area contributed by atoms with Crippen molar-refractivity contribution in [1.82, 2.24) is 9.88 Å². The van der Waals surface area contributed by atoms with E-state index < -0.39 is 6.09 Å². The summed E-state index contributed by atoms with van der Waals surface area (Å²) in [6, 6.07) is 7.06. The third kappa shape index (κ3) is 3.33. The topological polar surface area (TPSA) is 80.8 Å². The first-order chi connectivity index (χ1) is 11.6. The van der Waals surface area contributed by atoms with Gasteiger partial charge in [-0.05, 0) is 24.3 Å². The Kier molecular flexibility index (Phi) is 4.66. The molecule has 8 heteroatoms. The maximum atomic E-state index is 12.6. The maximum absolute atomic E-state index is 12.6. The smallest absolute Gasteiger partial charge is 0.413 e. The molecule has 0 atom stereocenters. The molecule has 126 valence electrons. The molecule has 1 aromatic heterocycles. The van der Waals surface area contributed by atoms with Crippen LogP contribution in [0.5, 0.6) is 5.75 Å². The van der Waals surface area contributed by atoms with Crippen LogP contribution in [0.2, 0.25) is 0 Å². The number of ether oxygens (including phenoxy) is 2. The van der Waals surface area contributed by atoms with Gasteiger partial charge in [0.05, 0.1) is 26.5 Å². The van der Waals surface area contributed by atoms with Gasteiger partial charge < -0.3 is 14.4 Å². The molecule has 0 aliphatic carbocycles. The minimum Gasteiger partial charge on any atom is -0.497 e. The van der Waals surface area contributed by atoms with Crippen LogP contribution in [0.4, 0.5) is 9.93 Å². The van der Waals surface area contributed by atoms with Crippen LogP contribution in [0.1, 0.15) is 20.9 Å². The van der Waals surface area contributed by atoms with E-state index in [1.54, 1.807) is 36.3 Å². The zero-order valence-electron chi connectivity index (χ0n) is 13.4. The summed E-state index contributed by atoms with van der Waals surface area (Å²) in [4.78, 5) is 31.0. The van der Waals surface area contributed by atoms with Crippen molar-refractivity contribution in [3.8, 4) is 5.75 Å². The molecule has 3 rings (SSSR count). The van der Waals surface area contributed by atoms with Gasteiger partial charge in [-0.15, -0.1) is 0 Å². The van der Waals surface area contributed by atoms with Crippen LogP contribution < -0.4 is 10.1 Å². The van der Waals surface area contributed by atoms with Crippen LogP contribution in [-0.2, 0) is 17.7 Å². The zero-order chi connectivity index (χ0) is 17.1. The first-order valence-electron chi connectivity index (χ1n) is 7.37. The lowest BCUT2D eigenvalue weighted by molar-refractivity contribution is 0.0736. The number of hydrogen-bond acceptors (Lipinski definition) is 6. The van der Waals surface area contributed by atoms with Crippen molar-refractivity contribution in [3.63, 3.8) is 0 Å². The van der Waals surface area contributed by atoms with Crippen molar-refractivity contribution in [2.45, 2.75) is 13.0 Å². The normalized spacial score (nSPS) is 13.2. The molecule has 1 aliphatic rings. The molecule has 0 spiro atoms. The Bertz CT molecular complexity index is 757. The summed E-state index contributed by atoms with van der Waals surface area (Å²) >= 11 is 1.36. The lowest BCUT2D eigenvalue weighted by Gasteiger charge is -2.26. The summed E-state index contributed by atoms with van der Waals surface area (Å²) in [7, 11) is 2.89. The SMILES string of the molecule is COC(=O)Nc1nc2c(s1)CN(C(=O)c1ccc(OC)cc1)CC2. The van der Waals surface area contributed by atoms with Gasteiger partial charge in [-0.25, -0.2) is 9.78 Å². The number of methoxy groups -OCH3 is 2. The summed E-state index contributed by atoms with van der Waals surface area (Å²) in [6.07, 6.45) is 0.114. The number of nitrogens with zero attached hydrogens (tertiary/aromatic N) is 2. The largest absolute Gasteiger partial charge is 0.497 e. The predicted octanol–water partition coefficient (Wildman–Crippen LogP) is 2.53. The highest BCUT2D eigenvalue weighted by Gasteiger charge is 2.25. The van der Waals surface area contributed by atoms with Crippen molar-refractivity contribution < 1.29 is 19.1 Å². The highest BCUT2D eigenvalue weighted by atomic mass is 32.1. The van der Waals surface area contributed by atoms with E-state index in [-0.39, 0.29) is 5.91 Å². The fourth-order valence-corrected chi connectivity index (χ4v) is 3.49. The van der Waals surface area contributed by atoms with E-state index in [4.69, 9.17) is 4.74 Å². The number of anilines is 1. The second-order valence-corrected chi connectivity index (χ2v) is 6.29. The predicted molar refractivity (Wildman–Crippen MR) is 89.6 cm³/mol. The first kappa shape index (κ1) is 16.3. The lowest BCUT2D eigenvalue weighted by Crippen LogP contribution is -2.35. The van der Waals surface area contributed by atoms with Crippen molar-refractivity contribution in [2.24, 2.45) is 0 Å². The highest BCUT2D eigenvalue weighted by molar-refractivity contribution is 7.15. The molecule has 0 bridgehead atoms. The number of hydrogen-bond donors (Lipinski definition) is 1. The molecular weight excluding hydrogens is 330 g/mol. The number of thiazole rings is 1. The third-order valence-electron chi connectivity index (χ3n) is 3.75. The van der Waals surface area contributed by atoms with Crippen LogP contribution in [0.3, 0.4) is 0 Å². The van der Waals surface area contributed by atoms with Gasteiger partial charge in [0.15, 0.2) is 5.13 Å². The molecule has 0 saturated carbocycles. The molecule has 0 unspecified atom stereocenters. The summed E-state index contributed by atoms with van der Waals surface area (Å²) < 4.78 is 9.67. The third-order valence-corrected chi connectivity index (χ3v) is 4.75. The standard InChI is InChI=1S/C16H17N3O4S/c1-22-11-5-3-10(4-6-11)14(20)19-8-7-12-13(9-19)24-15(17-12)18-16(21)23-2/h3-6H,7-9H2,1-2H3,(H,17,18,21). The molecule has 0 fully saturated rings. The Morgan fingerprint density at radius 3 is 2.67 bits per heavy atom. The number of benzene rings is 1. The second kappa shape index (κ2) is 6.88. The monoisotopic (exact) mass is 347 g/mol. The Labute approximate surface area is 143 Å². The van der Waals surface area contributed by atoms with Crippen LogP contribution in [0.25, 0.3) is 0 Å². The number of rotatable bonds is 3. The molecule has 2 aromatic rings. The van der Waals surface area contributed by atoms with E-state index in [0.717, 1.165) is 10.6 Å². The summed E-state index contributed by atoms with van der Waals surface area (Å²) in [5, 5.41) is 3.06. The van der Waals surface area contributed by atoms with Crippen LogP contribution in [0, 0.1) is 0 Å². The van der Waals surface area contributed by atoms with E-state index in [2.05, 4.69) is 15.0 Å². The quantitative estimate of drug-likeness (QED) is 0.923. The Balaban J connectivity index is 1.71. The molecule has 1 aliphatic heterocycles.